The van der Waals surface area contributed by atoms with E-state index in [1.54, 1.807) is 0 Å². The number of nitrogens with one attached hydrogen (secondary N) is 2. The number of carbonyl (C=O) groups is 2. The summed E-state index contributed by atoms with van der Waals surface area (Å²) >= 11 is 0. The molecule has 2 atom stereocenters. The van der Waals surface area contributed by atoms with Crippen LogP contribution in [0.15, 0.2) is 0 Å². The number of hydrogen-bond donors (Lipinski definition) is 2. The fourth-order valence-corrected chi connectivity index (χ4v) is 2.62. The smallest absolute Gasteiger partial charge is 0.407 e. The second-order valence-corrected chi connectivity index (χ2v) is 11.2. The standard InChI is InChI=1S/C15H30N2O3S/c1-6-13(16-12-7-8-12)14(11(2)18)17-15(19)20-9-10-21(3,4)5/h12-14,16H,6-10H2,1-5H3,(H,17,19)/t13-,14+/m0/s1. The summed E-state index contributed by atoms with van der Waals surface area (Å²) < 4.78 is 5.20. The van der Waals surface area contributed by atoms with Crippen LogP contribution in [0, 0.1) is 0 Å². The Morgan fingerprint density at radius 3 is 2.33 bits per heavy atom. The van der Waals surface area contributed by atoms with Crippen molar-refractivity contribution in [3.8, 4) is 0 Å². The number of carbonyl (C=O) groups excluding carboxylic acids is 2. The van der Waals surface area contributed by atoms with Gasteiger partial charge < -0.3 is 15.4 Å². The second-order valence-electron chi connectivity index (χ2n) is 6.62. The van der Waals surface area contributed by atoms with E-state index in [0.717, 1.165) is 25.0 Å². The average molecular weight is 318 g/mol. The van der Waals surface area contributed by atoms with Crippen LogP contribution in [0.3, 0.4) is 0 Å². The third-order valence-corrected chi connectivity index (χ3v) is 4.90. The van der Waals surface area contributed by atoms with Gasteiger partial charge in [0.25, 0.3) is 0 Å². The van der Waals surface area contributed by atoms with Gasteiger partial charge in [-0.3, -0.25) is 4.79 Å². The van der Waals surface area contributed by atoms with Crippen molar-refractivity contribution in [2.75, 3.05) is 31.1 Å². The Morgan fingerprint density at radius 2 is 1.90 bits per heavy atom. The third kappa shape index (κ3) is 7.71. The van der Waals surface area contributed by atoms with E-state index in [0.29, 0.717) is 12.6 Å². The summed E-state index contributed by atoms with van der Waals surface area (Å²) in [5.41, 5.74) is 0. The first-order chi connectivity index (χ1) is 9.73. The van der Waals surface area contributed by atoms with Crippen molar-refractivity contribution in [2.24, 2.45) is 0 Å². The molecule has 0 spiro atoms. The lowest BCUT2D eigenvalue weighted by Crippen LogP contribution is -2.54. The van der Waals surface area contributed by atoms with Gasteiger partial charge in [-0.15, -0.1) is 0 Å². The molecule has 21 heavy (non-hydrogen) atoms. The van der Waals surface area contributed by atoms with E-state index in [1.165, 1.54) is 6.92 Å². The third-order valence-electron chi connectivity index (χ3n) is 3.51. The highest BCUT2D eigenvalue weighted by atomic mass is 32.3. The van der Waals surface area contributed by atoms with Crippen LogP contribution in [0.2, 0.25) is 0 Å². The molecule has 5 nitrogen and oxygen atoms in total. The largest absolute Gasteiger partial charge is 0.449 e. The van der Waals surface area contributed by atoms with Gasteiger partial charge in [0.1, 0.15) is 12.6 Å². The Labute approximate surface area is 129 Å². The predicted octanol–water partition coefficient (Wildman–Crippen LogP) is 1.89. The van der Waals surface area contributed by atoms with E-state index >= 15 is 0 Å². The molecule has 1 aliphatic rings. The van der Waals surface area contributed by atoms with Crippen LogP contribution in [0.1, 0.15) is 33.1 Å². The average Bonchev–Trinajstić information content (AvgIpc) is 3.15. The molecule has 1 saturated carbocycles. The van der Waals surface area contributed by atoms with Gasteiger partial charge in [0.05, 0.1) is 0 Å². The van der Waals surface area contributed by atoms with E-state index in [-0.39, 0.29) is 11.8 Å². The molecule has 0 aromatic heterocycles. The van der Waals surface area contributed by atoms with Crippen LogP contribution >= 0.6 is 10.0 Å². The van der Waals surface area contributed by atoms with Crippen molar-refractivity contribution >= 4 is 21.9 Å². The van der Waals surface area contributed by atoms with E-state index < -0.39 is 22.2 Å². The maximum atomic E-state index is 11.9. The maximum Gasteiger partial charge on any atom is 0.407 e. The Balaban J connectivity index is 2.44. The number of hydrogen-bond acceptors (Lipinski definition) is 4. The quantitative estimate of drug-likeness (QED) is 0.681. The highest BCUT2D eigenvalue weighted by Crippen LogP contribution is 2.33. The van der Waals surface area contributed by atoms with E-state index in [9.17, 15) is 9.59 Å². The Bertz CT molecular complexity index is 364. The number of ether oxygens (including phenoxy) is 1. The Kier molecular flexibility index (Phi) is 7.00. The summed E-state index contributed by atoms with van der Waals surface area (Å²) in [5, 5.41) is 6.14. The van der Waals surface area contributed by atoms with Crippen LogP contribution in [0.5, 0.6) is 0 Å². The first kappa shape index (κ1) is 18.3. The summed E-state index contributed by atoms with van der Waals surface area (Å²) in [5.74, 6) is 0.844. The monoisotopic (exact) mass is 318 g/mol. The maximum absolute atomic E-state index is 11.9. The molecule has 1 fully saturated rings. The van der Waals surface area contributed by atoms with Gasteiger partial charge in [-0.2, -0.15) is 0 Å². The van der Waals surface area contributed by atoms with Gasteiger partial charge in [-0.05, 0) is 45.0 Å². The molecule has 0 bridgehead atoms. The van der Waals surface area contributed by atoms with E-state index in [4.69, 9.17) is 4.74 Å². The molecule has 0 aromatic carbocycles. The van der Waals surface area contributed by atoms with Crippen LogP contribution in [-0.4, -0.2) is 61.1 Å². The first-order valence-electron chi connectivity index (χ1n) is 7.58. The van der Waals surface area contributed by atoms with Crippen molar-refractivity contribution in [3.63, 3.8) is 0 Å². The lowest BCUT2D eigenvalue weighted by molar-refractivity contribution is -0.119. The summed E-state index contributed by atoms with van der Waals surface area (Å²) in [7, 11) is -0.678. The number of amides is 1. The van der Waals surface area contributed by atoms with Gasteiger partial charge in [0, 0.05) is 17.8 Å². The van der Waals surface area contributed by atoms with Crippen molar-refractivity contribution < 1.29 is 14.3 Å². The lowest BCUT2D eigenvalue weighted by atomic mass is 10.0. The number of Topliss-reactive ketones (excluding diaryl/α,β-unsaturated/α-hetero) is 1. The van der Waals surface area contributed by atoms with E-state index in [1.807, 2.05) is 6.92 Å². The van der Waals surface area contributed by atoms with Crippen molar-refractivity contribution in [2.45, 2.75) is 51.2 Å². The second kappa shape index (κ2) is 8.03. The molecular formula is C15H30N2O3S. The van der Waals surface area contributed by atoms with Crippen LogP contribution in [-0.2, 0) is 9.53 Å². The van der Waals surface area contributed by atoms with Gasteiger partial charge in [0.15, 0.2) is 5.78 Å². The minimum Gasteiger partial charge on any atom is -0.449 e. The summed E-state index contributed by atoms with van der Waals surface area (Å²) in [4.78, 5) is 23.7. The molecule has 0 unspecified atom stereocenters. The minimum atomic E-state index is -0.678. The molecule has 0 radical (unpaired) electrons. The normalized spacial score (nSPS) is 18.7. The molecule has 124 valence electrons. The summed E-state index contributed by atoms with van der Waals surface area (Å²) in [6.45, 7) is 3.94. The predicted molar refractivity (Wildman–Crippen MR) is 89.4 cm³/mol. The summed E-state index contributed by atoms with van der Waals surface area (Å²) in [6.07, 6.45) is 9.15. The van der Waals surface area contributed by atoms with Crippen LogP contribution in [0.25, 0.3) is 0 Å². The Morgan fingerprint density at radius 1 is 1.29 bits per heavy atom. The zero-order chi connectivity index (χ0) is 16.0. The molecule has 0 saturated heterocycles. The number of alkyl carbamates (subject to hydrolysis) is 1. The minimum absolute atomic E-state index is 0.0178. The van der Waals surface area contributed by atoms with Crippen molar-refractivity contribution in [1.82, 2.24) is 10.6 Å². The fraction of sp³-hybridized carbons (Fsp3) is 0.867. The fourth-order valence-electron chi connectivity index (χ4n) is 2.04. The van der Waals surface area contributed by atoms with Gasteiger partial charge >= 0.3 is 6.09 Å². The van der Waals surface area contributed by atoms with Gasteiger partial charge in [-0.1, -0.05) is 6.92 Å². The van der Waals surface area contributed by atoms with Crippen molar-refractivity contribution in [1.29, 1.82) is 0 Å². The van der Waals surface area contributed by atoms with E-state index in [2.05, 4.69) is 29.4 Å². The lowest BCUT2D eigenvalue weighted by Gasteiger charge is -2.27. The highest BCUT2D eigenvalue weighted by Gasteiger charge is 2.31. The highest BCUT2D eigenvalue weighted by molar-refractivity contribution is 8.32. The van der Waals surface area contributed by atoms with Crippen LogP contribution < -0.4 is 10.6 Å². The molecule has 0 aromatic rings. The SMILES string of the molecule is CC[C@H](NC1CC1)[C@H](NC(=O)OCCS(C)(C)C)C(C)=O. The molecule has 1 rings (SSSR count). The molecule has 0 heterocycles. The van der Waals surface area contributed by atoms with Crippen molar-refractivity contribution in [3.05, 3.63) is 0 Å². The number of ketones is 1. The molecule has 1 aliphatic carbocycles. The zero-order valence-electron chi connectivity index (χ0n) is 13.9. The molecule has 0 aliphatic heterocycles. The van der Waals surface area contributed by atoms with Crippen LogP contribution in [0.4, 0.5) is 4.79 Å². The summed E-state index contributed by atoms with van der Waals surface area (Å²) in [6, 6.07) is -0.0278. The molecule has 1 amide bonds. The molecule has 6 heteroatoms. The molecular weight excluding hydrogens is 288 g/mol. The van der Waals surface area contributed by atoms with Gasteiger partial charge in [0.2, 0.25) is 0 Å². The first-order valence-corrected chi connectivity index (χ1v) is 10.6. The Hall–Kier alpha value is -0.750. The molecule has 2 N–H and O–H groups in total. The topological polar surface area (TPSA) is 67.4 Å². The van der Waals surface area contributed by atoms with Gasteiger partial charge in [-0.25, -0.2) is 14.8 Å². The zero-order valence-corrected chi connectivity index (χ0v) is 14.7. The number of rotatable bonds is 9.